The van der Waals surface area contributed by atoms with Gasteiger partial charge in [0.1, 0.15) is 0 Å². The van der Waals surface area contributed by atoms with Gasteiger partial charge in [-0.15, -0.1) is 0 Å². The van der Waals surface area contributed by atoms with Gasteiger partial charge in [-0.2, -0.15) is 0 Å². The molecule has 0 bridgehead atoms. The fourth-order valence-corrected chi connectivity index (χ4v) is 0.968. The van der Waals surface area contributed by atoms with Crippen molar-refractivity contribution in [3.8, 4) is 0 Å². The number of aliphatic carboxylic acids is 1. The van der Waals surface area contributed by atoms with Crippen LogP contribution in [0.3, 0.4) is 0 Å². The summed E-state index contributed by atoms with van der Waals surface area (Å²) in [5, 5.41) is 14.8. The van der Waals surface area contributed by atoms with Gasteiger partial charge in [0.25, 0.3) is 0 Å². The largest absolute Gasteiger partial charge is 0.481 e. The van der Waals surface area contributed by atoms with Crippen molar-refractivity contribution in [3.05, 3.63) is 0 Å². The van der Waals surface area contributed by atoms with Crippen LogP contribution in [0.2, 0.25) is 0 Å². The van der Waals surface area contributed by atoms with E-state index in [1.54, 1.807) is 0 Å². The van der Waals surface area contributed by atoms with Crippen molar-refractivity contribution in [1.29, 1.82) is 0 Å². The third-order valence-electron chi connectivity index (χ3n) is 1.65. The van der Waals surface area contributed by atoms with Crippen LogP contribution in [0, 0.1) is 0 Å². The van der Waals surface area contributed by atoms with Crippen LogP contribution in [0.15, 0.2) is 0 Å². The summed E-state index contributed by atoms with van der Waals surface area (Å²) in [5.74, 6) is -0.717. The molecule has 0 amide bonds. The Balaban J connectivity index is 2.87. The summed E-state index contributed by atoms with van der Waals surface area (Å²) in [6.07, 6.45) is 2.12. The van der Waals surface area contributed by atoms with E-state index >= 15 is 0 Å². The molecule has 0 saturated heterocycles. The van der Waals surface area contributed by atoms with Gasteiger partial charge >= 0.3 is 5.97 Å². The zero-order valence-corrected chi connectivity index (χ0v) is 8.31. The van der Waals surface area contributed by atoms with Gasteiger partial charge in [-0.1, -0.05) is 6.92 Å². The third kappa shape index (κ3) is 11.4. The molecule has 0 aromatic carbocycles. The fourth-order valence-electron chi connectivity index (χ4n) is 0.968. The Morgan fingerprint density at radius 2 is 1.77 bits per heavy atom. The Bertz CT molecular complexity index is 129. The summed E-state index contributed by atoms with van der Waals surface area (Å²) >= 11 is 0. The summed E-state index contributed by atoms with van der Waals surface area (Å²) in [6.45, 7) is 5.85. The number of carboxylic acid groups (broad SMARTS) is 1. The van der Waals surface area contributed by atoms with Crippen LogP contribution in [0.4, 0.5) is 0 Å². The van der Waals surface area contributed by atoms with Crippen LogP contribution in [-0.4, -0.2) is 37.3 Å². The molecule has 0 aliphatic carbocycles. The average molecular weight is 188 g/mol. The summed E-state index contributed by atoms with van der Waals surface area (Å²) < 4.78 is 0. The summed E-state index contributed by atoms with van der Waals surface area (Å²) in [7, 11) is 0. The Morgan fingerprint density at radius 3 is 2.31 bits per heavy atom. The van der Waals surface area contributed by atoms with Gasteiger partial charge in [0.15, 0.2) is 0 Å². The quantitative estimate of drug-likeness (QED) is 0.459. The lowest BCUT2D eigenvalue weighted by molar-refractivity contribution is -0.137. The number of rotatable bonds is 9. The van der Waals surface area contributed by atoms with Crippen LogP contribution in [0.1, 0.15) is 26.2 Å². The van der Waals surface area contributed by atoms with E-state index in [-0.39, 0.29) is 6.42 Å². The molecule has 4 heteroatoms. The molecule has 0 rings (SSSR count). The Labute approximate surface area is 79.7 Å². The molecule has 3 N–H and O–H groups in total. The normalized spacial score (nSPS) is 10.2. The van der Waals surface area contributed by atoms with Crippen LogP contribution < -0.4 is 10.6 Å². The summed E-state index contributed by atoms with van der Waals surface area (Å²) in [5.41, 5.74) is 0. The first kappa shape index (κ1) is 12.4. The maximum Gasteiger partial charge on any atom is 0.303 e. The topological polar surface area (TPSA) is 61.4 Å². The standard InChI is InChI=1S/C9H20N2O2/c1-2-5-10-7-8-11-6-3-4-9(12)13/h10-11H,2-8H2,1H3,(H,12,13). The van der Waals surface area contributed by atoms with Gasteiger partial charge in [-0.25, -0.2) is 0 Å². The summed E-state index contributed by atoms with van der Waals surface area (Å²) in [4.78, 5) is 10.1. The van der Waals surface area contributed by atoms with Gasteiger partial charge in [-0.3, -0.25) is 4.79 Å². The van der Waals surface area contributed by atoms with E-state index < -0.39 is 5.97 Å². The second-order valence-corrected chi connectivity index (χ2v) is 3.00. The molecular formula is C9H20N2O2. The lowest BCUT2D eigenvalue weighted by Gasteiger charge is -2.04. The second-order valence-electron chi connectivity index (χ2n) is 3.00. The minimum atomic E-state index is -0.717. The SMILES string of the molecule is CCCNCCNCCCC(=O)O. The minimum Gasteiger partial charge on any atom is -0.481 e. The Kier molecular flexibility index (Phi) is 9.03. The highest BCUT2D eigenvalue weighted by molar-refractivity contribution is 5.66. The lowest BCUT2D eigenvalue weighted by atomic mass is 10.3. The first-order valence-electron chi connectivity index (χ1n) is 4.90. The van der Waals surface area contributed by atoms with Crippen molar-refractivity contribution in [1.82, 2.24) is 10.6 Å². The first-order valence-corrected chi connectivity index (χ1v) is 4.90. The van der Waals surface area contributed by atoms with E-state index in [4.69, 9.17) is 5.11 Å². The first-order chi connectivity index (χ1) is 6.27. The zero-order chi connectivity index (χ0) is 9.94. The van der Waals surface area contributed by atoms with Crippen molar-refractivity contribution < 1.29 is 9.90 Å². The maximum absolute atomic E-state index is 10.1. The molecule has 0 heterocycles. The number of carboxylic acids is 1. The molecule has 0 aliphatic rings. The minimum absolute atomic E-state index is 0.259. The van der Waals surface area contributed by atoms with Gasteiger partial charge in [0, 0.05) is 19.5 Å². The predicted molar refractivity (Wildman–Crippen MR) is 52.9 cm³/mol. The molecule has 0 atom stereocenters. The number of nitrogens with one attached hydrogen (secondary N) is 2. The molecule has 0 saturated carbocycles. The van der Waals surface area contributed by atoms with Crippen molar-refractivity contribution in [2.24, 2.45) is 0 Å². The van der Waals surface area contributed by atoms with E-state index in [2.05, 4.69) is 17.6 Å². The number of carbonyl (C=O) groups is 1. The zero-order valence-electron chi connectivity index (χ0n) is 8.31. The molecule has 78 valence electrons. The smallest absolute Gasteiger partial charge is 0.303 e. The van der Waals surface area contributed by atoms with Crippen molar-refractivity contribution >= 4 is 5.97 Å². The van der Waals surface area contributed by atoms with Gasteiger partial charge in [-0.05, 0) is 25.9 Å². The fraction of sp³-hybridized carbons (Fsp3) is 0.889. The number of hydrogen-bond acceptors (Lipinski definition) is 3. The van der Waals surface area contributed by atoms with E-state index in [1.165, 1.54) is 0 Å². The molecule has 4 nitrogen and oxygen atoms in total. The van der Waals surface area contributed by atoms with E-state index in [0.717, 1.165) is 32.6 Å². The van der Waals surface area contributed by atoms with Crippen LogP contribution in [0.25, 0.3) is 0 Å². The third-order valence-corrected chi connectivity index (χ3v) is 1.65. The van der Waals surface area contributed by atoms with E-state index in [0.29, 0.717) is 6.42 Å². The van der Waals surface area contributed by atoms with E-state index in [1.807, 2.05) is 0 Å². The predicted octanol–water partition coefficient (Wildman–Crippen LogP) is 0.440. The molecule has 0 aliphatic heterocycles. The summed E-state index contributed by atoms with van der Waals surface area (Å²) in [6, 6.07) is 0. The maximum atomic E-state index is 10.1. The highest BCUT2D eigenvalue weighted by Crippen LogP contribution is 1.84. The van der Waals surface area contributed by atoms with Crippen LogP contribution in [-0.2, 0) is 4.79 Å². The Hall–Kier alpha value is -0.610. The number of hydrogen-bond donors (Lipinski definition) is 3. The molecule has 0 unspecified atom stereocenters. The van der Waals surface area contributed by atoms with Crippen LogP contribution in [0.5, 0.6) is 0 Å². The second kappa shape index (κ2) is 9.48. The van der Waals surface area contributed by atoms with Crippen molar-refractivity contribution in [3.63, 3.8) is 0 Å². The monoisotopic (exact) mass is 188 g/mol. The lowest BCUT2D eigenvalue weighted by Crippen LogP contribution is -2.28. The van der Waals surface area contributed by atoms with Crippen molar-refractivity contribution in [2.75, 3.05) is 26.2 Å². The molecule has 13 heavy (non-hydrogen) atoms. The molecule has 0 spiro atoms. The van der Waals surface area contributed by atoms with Gasteiger partial charge in [0.05, 0.1) is 0 Å². The Morgan fingerprint density at radius 1 is 1.15 bits per heavy atom. The van der Waals surface area contributed by atoms with Gasteiger partial charge < -0.3 is 15.7 Å². The molecular weight excluding hydrogens is 168 g/mol. The molecule has 0 fully saturated rings. The highest BCUT2D eigenvalue weighted by Gasteiger charge is 1.94. The highest BCUT2D eigenvalue weighted by atomic mass is 16.4. The van der Waals surface area contributed by atoms with Gasteiger partial charge in [0.2, 0.25) is 0 Å². The van der Waals surface area contributed by atoms with E-state index in [9.17, 15) is 4.79 Å². The van der Waals surface area contributed by atoms with Crippen LogP contribution >= 0.6 is 0 Å². The van der Waals surface area contributed by atoms with Crippen molar-refractivity contribution in [2.45, 2.75) is 26.2 Å². The molecule has 0 aromatic rings. The molecule has 0 radical (unpaired) electrons. The average Bonchev–Trinajstić information content (AvgIpc) is 2.09. The molecule has 0 aromatic heterocycles.